The van der Waals surface area contributed by atoms with E-state index >= 15 is 0 Å². The summed E-state index contributed by atoms with van der Waals surface area (Å²) in [6.45, 7) is 1.93. The van der Waals surface area contributed by atoms with Crippen molar-refractivity contribution in [3.63, 3.8) is 0 Å². The Labute approximate surface area is 151 Å². The van der Waals surface area contributed by atoms with Crippen molar-refractivity contribution < 1.29 is 18.5 Å². The Morgan fingerprint density at radius 2 is 1.60 bits per heavy atom. The van der Waals surface area contributed by atoms with E-state index in [9.17, 15) is 4.79 Å². The molecule has 0 saturated carbocycles. The summed E-state index contributed by atoms with van der Waals surface area (Å²) in [6, 6.07) is 15.0. The molecule has 130 valence electrons. The van der Waals surface area contributed by atoms with E-state index in [0.29, 0.717) is 31.2 Å². The standard InChI is InChI=1S/C19H19ClN2O3/c20-18-8-2-1-5-15(18)11-21-19(23)14-22(12-16-6-3-9-24-16)13-17-7-4-10-25-17/h1-10H,11-14H2,(H,21,23)/p+1. The maximum absolute atomic E-state index is 12.4. The van der Waals surface area contributed by atoms with Gasteiger partial charge in [-0.1, -0.05) is 29.8 Å². The van der Waals surface area contributed by atoms with Crippen molar-refractivity contribution in [2.75, 3.05) is 6.54 Å². The highest BCUT2D eigenvalue weighted by atomic mass is 35.5. The van der Waals surface area contributed by atoms with Crippen molar-refractivity contribution in [2.45, 2.75) is 19.6 Å². The van der Waals surface area contributed by atoms with Crippen LogP contribution in [0.25, 0.3) is 0 Å². The number of hydrogen-bond acceptors (Lipinski definition) is 3. The highest BCUT2D eigenvalue weighted by molar-refractivity contribution is 6.31. The molecule has 3 rings (SSSR count). The summed E-state index contributed by atoms with van der Waals surface area (Å²) >= 11 is 6.12. The molecule has 0 bridgehead atoms. The molecule has 0 saturated heterocycles. The van der Waals surface area contributed by atoms with Gasteiger partial charge in [0.2, 0.25) is 0 Å². The molecule has 0 radical (unpaired) electrons. The van der Waals surface area contributed by atoms with Crippen LogP contribution in [0.3, 0.4) is 0 Å². The summed E-state index contributed by atoms with van der Waals surface area (Å²) in [5.74, 6) is 1.62. The molecule has 0 aliphatic rings. The maximum atomic E-state index is 12.4. The highest BCUT2D eigenvalue weighted by Crippen LogP contribution is 2.14. The molecule has 1 amide bonds. The molecule has 0 atom stereocenters. The minimum absolute atomic E-state index is 0.0481. The molecule has 0 aliphatic heterocycles. The monoisotopic (exact) mass is 359 g/mol. The van der Waals surface area contributed by atoms with Crippen LogP contribution in [-0.2, 0) is 24.4 Å². The normalized spacial score (nSPS) is 11.0. The van der Waals surface area contributed by atoms with Gasteiger partial charge in [-0.3, -0.25) is 4.79 Å². The first-order valence-corrected chi connectivity index (χ1v) is 8.47. The van der Waals surface area contributed by atoms with E-state index in [1.54, 1.807) is 12.5 Å². The summed E-state index contributed by atoms with van der Waals surface area (Å²) in [7, 11) is 0. The van der Waals surface area contributed by atoms with Crippen molar-refractivity contribution in [1.29, 1.82) is 0 Å². The van der Waals surface area contributed by atoms with E-state index in [1.807, 2.05) is 48.5 Å². The Morgan fingerprint density at radius 1 is 0.960 bits per heavy atom. The average molecular weight is 360 g/mol. The van der Waals surface area contributed by atoms with E-state index < -0.39 is 0 Å². The molecule has 0 aliphatic carbocycles. The van der Waals surface area contributed by atoms with Gasteiger partial charge >= 0.3 is 0 Å². The molecule has 0 fully saturated rings. The highest BCUT2D eigenvalue weighted by Gasteiger charge is 2.18. The van der Waals surface area contributed by atoms with Crippen molar-refractivity contribution in [3.05, 3.63) is 83.2 Å². The van der Waals surface area contributed by atoms with Crippen molar-refractivity contribution in [1.82, 2.24) is 5.32 Å². The van der Waals surface area contributed by atoms with Gasteiger partial charge < -0.3 is 19.1 Å². The van der Waals surface area contributed by atoms with Crippen LogP contribution in [0.15, 0.2) is 69.9 Å². The second-order valence-electron chi connectivity index (χ2n) is 5.81. The van der Waals surface area contributed by atoms with Crippen LogP contribution in [0.2, 0.25) is 5.02 Å². The lowest BCUT2D eigenvalue weighted by atomic mass is 10.2. The lowest BCUT2D eigenvalue weighted by molar-refractivity contribution is -0.921. The molecule has 5 nitrogen and oxygen atoms in total. The molecule has 0 unspecified atom stereocenters. The molecule has 3 aromatic rings. The Balaban J connectivity index is 1.58. The third kappa shape index (κ3) is 5.24. The zero-order valence-corrected chi connectivity index (χ0v) is 14.5. The van der Waals surface area contributed by atoms with Gasteiger partial charge in [0.1, 0.15) is 13.1 Å². The Kier molecular flexibility index (Phi) is 5.93. The lowest BCUT2D eigenvalue weighted by Gasteiger charge is -2.17. The summed E-state index contributed by atoms with van der Waals surface area (Å²) in [5.41, 5.74) is 0.899. The molecule has 2 N–H and O–H groups in total. The first-order chi connectivity index (χ1) is 12.2. The zero-order chi connectivity index (χ0) is 17.5. The Morgan fingerprint density at radius 3 is 2.16 bits per heavy atom. The van der Waals surface area contributed by atoms with Gasteiger partial charge in [0, 0.05) is 11.6 Å². The topological polar surface area (TPSA) is 59.8 Å². The van der Waals surface area contributed by atoms with E-state index in [1.165, 1.54) is 0 Å². The zero-order valence-electron chi connectivity index (χ0n) is 13.7. The number of amides is 1. The van der Waals surface area contributed by atoms with E-state index in [-0.39, 0.29) is 5.91 Å². The quantitative estimate of drug-likeness (QED) is 0.649. The van der Waals surface area contributed by atoms with Crippen molar-refractivity contribution >= 4 is 17.5 Å². The number of furan rings is 2. The molecule has 2 heterocycles. The van der Waals surface area contributed by atoms with E-state index in [2.05, 4.69) is 5.32 Å². The summed E-state index contributed by atoms with van der Waals surface area (Å²) < 4.78 is 10.8. The second-order valence-corrected chi connectivity index (χ2v) is 6.21. The molecule has 25 heavy (non-hydrogen) atoms. The maximum Gasteiger partial charge on any atom is 0.275 e. The third-order valence-electron chi connectivity index (χ3n) is 3.85. The fourth-order valence-corrected chi connectivity index (χ4v) is 2.83. The number of hydrogen-bond donors (Lipinski definition) is 2. The Hall–Kier alpha value is -2.50. The number of nitrogens with one attached hydrogen (secondary N) is 2. The van der Waals surface area contributed by atoms with Crippen LogP contribution in [0, 0.1) is 0 Å². The summed E-state index contributed by atoms with van der Waals surface area (Å²) in [5, 5.41) is 3.58. The SMILES string of the molecule is O=C(C[NH+](Cc1ccco1)Cc1ccco1)NCc1ccccc1Cl. The third-order valence-corrected chi connectivity index (χ3v) is 4.22. The number of rotatable bonds is 8. The number of benzene rings is 1. The largest absolute Gasteiger partial charge is 0.463 e. The van der Waals surface area contributed by atoms with Crippen LogP contribution >= 0.6 is 11.6 Å². The van der Waals surface area contributed by atoms with Gasteiger partial charge in [0.15, 0.2) is 18.1 Å². The molecular weight excluding hydrogens is 340 g/mol. The predicted molar refractivity (Wildman–Crippen MR) is 94.0 cm³/mol. The minimum Gasteiger partial charge on any atom is -0.463 e. The molecule has 2 aromatic heterocycles. The van der Waals surface area contributed by atoms with Gasteiger partial charge in [0.25, 0.3) is 5.91 Å². The summed E-state index contributed by atoms with van der Waals surface area (Å²) in [6.07, 6.45) is 3.27. The van der Waals surface area contributed by atoms with Gasteiger partial charge in [0.05, 0.1) is 12.5 Å². The van der Waals surface area contributed by atoms with Crippen LogP contribution in [0.5, 0.6) is 0 Å². The fourth-order valence-electron chi connectivity index (χ4n) is 2.63. The van der Waals surface area contributed by atoms with Crippen LogP contribution in [0.4, 0.5) is 0 Å². The number of halogens is 1. The molecule has 0 spiro atoms. The van der Waals surface area contributed by atoms with Crippen LogP contribution in [0.1, 0.15) is 17.1 Å². The van der Waals surface area contributed by atoms with Gasteiger partial charge in [-0.15, -0.1) is 0 Å². The first-order valence-electron chi connectivity index (χ1n) is 8.09. The predicted octanol–water partition coefficient (Wildman–Crippen LogP) is 2.43. The molecule has 1 aromatic carbocycles. The molecular formula is C19H20ClN2O3+. The fraction of sp³-hybridized carbons (Fsp3) is 0.211. The molecule has 6 heteroatoms. The first kappa shape index (κ1) is 17.3. The smallest absolute Gasteiger partial charge is 0.275 e. The van der Waals surface area contributed by atoms with Gasteiger partial charge in [-0.2, -0.15) is 0 Å². The van der Waals surface area contributed by atoms with E-state index in [4.69, 9.17) is 20.4 Å². The number of carbonyl (C=O) groups excluding carboxylic acids is 1. The van der Waals surface area contributed by atoms with Crippen molar-refractivity contribution in [2.24, 2.45) is 0 Å². The van der Waals surface area contributed by atoms with E-state index in [0.717, 1.165) is 22.0 Å². The summed E-state index contributed by atoms with van der Waals surface area (Å²) in [4.78, 5) is 13.4. The van der Waals surface area contributed by atoms with Crippen LogP contribution in [-0.4, -0.2) is 12.5 Å². The number of carbonyl (C=O) groups is 1. The van der Waals surface area contributed by atoms with Gasteiger partial charge in [-0.25, -0.2) is 0 Å². The Bertz CT molecular complexity index is 749. The minimum atomic E-state index is -0.0481. The van der Waals surface area contributed by atoms with Gasteiger partial charge in [-0.05, 0) is 35.9 Å². The van der Waals surface area contributed by atoms with Crippen LogP contribution < -0.4 is 10.2 Å². The average Bonchev–Trinajstić information content (AvgIpc) is 3.28. The number of quaternary nitrogens is 1. The van der Waals surface area contributed by atoms with Crippen molar-refractivity contribution in [3.8, 4) is 0 Å². The second kappa shape index (κ2) is 8.55. The lowest BCUT2D eigenvalue weighted by Crippen LogP contribution is -3.10.